The number of aliphatic hydroxyl groups excluding tert-OH is 1. The largest absolute Gasteiger partial charge is 0.393 e. The third-order valence-corrected chi connectivity index (χ3v) is 3.94. The Bertz CT molecular complexity index is 584. The van der Waals surface area contributed by atoms with Gasteiger partial charge in [-0.05, 0) is 29.7 Å². The van der Waals surface area contributed by atoms with Crippen LogP contribution in [0.5, 0.6) is 0 Å². The molecule has 3 rings (SSSR count). The van der Waals surface area contributed by atoms with Crippen molar-refractivity contribution in [3.05, 3.63) is 64.7 Å². The Kier molecular flexibility index (Phi) is 3.45. The molecular formula is C16H16ClNO. The fraction of sp³-hybridized carbons (Fsp3) is 0.250. The molecule has 1 heterocycles. The van der Waals surface area contributed by atoms with E-state index >= 15 is 0 Å². The standard InChI is InChI=1S/C16H16ClNO/c17-14-7-3-2-6-13(14)16-10-12(19)9-11-5-1-4-8-15(11)18-16/h1-8,12,16,18-19H,9-10H2/t12-,16+/m1/s1. The van der Waals surface area contributed by atoms with Gasteiger partial charge in [-0.1, -0.05) is 48.0 Å². The van der Waals surface area contributed by atoms with Gasteiger partial charge in [0.2, 0.25) is 0 Å². The van der Waals surface area contributed by atoms with Crippen LogP contribution in [-0.4, -0.2) is 11.2 Å². The fourth-order valence-electron chi connectivity index (χ4n) is 2.66. The lowest BCUT2D eigenvalue weighted by molar-refractivity contribution is 0.161. The van der Waals surface area contributed by atoms with Crippen LogP contribution in [0.15, 0.2) is 48.5 Å². The SMILES string of the molecule is O[C@@H]1Cc2ccccc2N[C@H](c2ccccc2Cl)C1. The van der Waals surface area contributed by atoms with E-state index in [1.54, 1.807) is 0 Å². The minimum Gasteiger partial charge on any atom is -0.393 e. The lowest BCUT2D eigenvalue weighted by Crippen LogP contribution is -2.16. The van der Waals surface area contributed by atoms with Crippen molar-refractivity contribution in [3.8, 4) is 0 Å². The number of para-hydroxylation sites is 1. The summed E-state index contributed by atoms with van der Waals surface area (Å²) in [6, 6.07) is 16.0. The maximum Gasteiger partial charge on any atom is 0.0604 e. The Morgan fingerprint density at radius 2 is 1.79 bits per heavy atom. The molecule has 2 N–H and O–H groups in total. The Balaban J connectivity index is 1.98. The number of hydrogen-bond donors (Lipinski definition) is 2. The van der Waals surface area contributed by atoms with Crippen LogP contribution in [0.3, 0.4) is 0 Å². The molecule has 0 aliphatic carbocycles. The Morgan fingerprint density at radius 3 is 2.63 bits per heavy atom. The third-order valence-electron chi connectivity index (χ3n) is 3.59. The van der Waals surface area contributed by atoms with Gasteiger partial charge >= 0.3 is 0 Å². The molecule has 1 aliphatic heterocycles. The molecule has 0 spiro atoms. The molecule has 19 heavy (non-hydrogen) atoms. The van der Waals surface area contributed by atoms with Gasteiger partial charge < -0.3 is 10.4 Å². The van der Waals surface area contributed by atoms with Gasteiger partial charge in [0.25, 0.3) is 0 Å². The number of hydrogen-bond acceptors (Lipinski definition) is 2. The van der Waals surface area contributed by atoms with Crippen molar-refractivity contribution in [3.63, 3.8) is 0 Å². The fourth-order valence-corrected chi connectivity index (χ4v) is 2.92. The van der Waals surface area contributed by atoms with E-state index in [1.807, 2.05) is 36.4 Å². The van der Waals surface area contributed by atoms with Crippen molar-refractivity contribution in [2.24, 2.45) is 0 Å². The molecule has 3 heteroatoms. The summed E-state index contributed by atoms with van der Waals surface area (Å²) in [6.45, 7) is 0. The molecule has 1 aliphatic rings. The van der Waals surface area contributed by atoms with Gasteiger partial charge in [-0.25, -0.2) is 0 Å². The van der Waals surface area contributed by atoms with Crippen LogP contribution in [-0.2, 0) is 6.42 Å². The predicted molar refractivity (Wildman–Crippen MR) is 78.6 cm³/mol. The molecule has 98 valence electrons. The van der Waals surface area contributed by atoms with Gasteiger partial charge in [0.15, 0.2) is 0 Å². The molecule has 0 bridgehead atoms. The number of anilines is 1. The molecule has 0 aromatic heterocycles. The molecule has 0 saturated heterocycles. The quantitative estimate of drug-likeness (QED) is 0.828. The van der Waals surface area contributed by atoms with Crippen molar-refractivity contribution in [2.45, 2.75) is 25.0 Å². The van der Waals surface area contributed by atoms with E-state index in [4.69, 9.17) is 11.6 Å². The van der Waals surface area contributed by atoms with E-state index in [0.29, 0.717) is 12.8 Å². The van der Waals surface area contributed by atoms with Crippen LogP contribution in [0.2, 0.25) is 5.02 Å². The molecular weight excluding hydrogens is 258 g/mol. The average Bonchev–Trinajstić information content (AvgIpc) is 2.57. The van der Waals surface area contributed by atoms with E-state index < -0.39 is 0 Å². The highest BCUT2D eigenvalue weighted by atomic mass is 35.5. The highest BCUT2D eigenvalue weighted by molar-refractivity contribution is 6.31. The third kappa shape index (κ3) is 2.60. The maximum atomic E-state index is 10.2. The van der Waals surface area contributed by atoms with Gasteiger partial charge in [0.1, 0.15) is 0 Å². The van der Waals surface area contributed by atoms with Crippen molar-refractivity contribution in [2.75, 3.05) is 5.32 Å². The van der Waals surface area contributed by atoms with E-state index in [2.05, 4.69) is 17.4 Å². The summed E-state index contributed by atoms with van der Waals surface area (Å²) in [4.78, 5) is 0. The van der Waals surface area contributed by atoms with Crippen LogP contribution in [0.4, 0.5) is 5.69 Å². The summed E-state index contributed by atoms with van der Waals surface area (Å²) in [6.07, 6.45) is 1.00. The number of fused-ring (bicyclic) bond motifs is 1. The van der Waals surface area contributed by atoms with Crippen molar-refractivity contribution in [1.29, 1.82) is 0 Å². The highest BCUT2D eigenvalue weighted by Gasteiger charge is 2.23. The minimum absolute atomic E-state index is 0.0485. The Hall–Kier alpha value is -1.51. The first kappa shape index (κ1) is 12.5. The van der Waals surface area contributed by atoms with Crippen LogP contribution < -0.4 is 5.32 Å². The van der Waals surface area contributed by atoms with Crippen molar-refractivity contribution < 1.29 is 5.11 Å². The summed E-state index contributed by atoms with van der Waals surface area (Å²) in [5.41, 5.74) is 3.29. The normalized spacial score (nSPS) is 22.2. The zero-order chi connectivity index (χ0) is 13.2. The summed E-state index contributed by atoms with van der Waals surface area (Å²) in [7, 11) is 0. The second kappa shape index (κ2) is 5.24. The van der Waals surface area contributed by atoms with Gasteiger partial charge in [-0.3, -0.25) is 0 Å². The van der Waals surface area contributed by atoms with Gasteiger partial charge in [-0.15, -0.1) is 0 Å². The second-order valence-electron chi connectivity index (χ2n) is 4.97. The molecule has 0 radical (unpaired) electrons. The van der Waals surface area contributed by atoms with Gasteiger partial charge in [-0.2, -0.15) is 0 Å². The summed E-state index contributed by atoms with van der Waals surface area (Å²) in [5.74, 6) is 0. The monoisotopic (exact) mass is 273 g/mol. The van der Waals surface area contributed by atoms with E-state index in [0.717, 1.165) is 21.8 Å². The first-order valence-electron chi connectivity index (χ1n) is 6.51. The predicted octanol–water partition coefficient (Wildman–Crippen LogP) is 3.80. The van der Waals surface area contributed by atoms with Crippen LogP contribution in [0, 0.1) is 0 Å². The molecule has 0 fully saturated rings. The Morgan fingerprint density at radius 1 is 1.05 bits per heavy atom. The molecule has 2 nitrogen and oxygen atoms in total. The van der Waals surface area contributed by atoms with Crippen LogP contribution in [0.25, 0.3) is 0 Å². The zero-order valence-corrected chi connectivity index (χ0v) is 11.3. The first-order valence-corrected chi connectivity index (χ1v) is 6.89. The smallest absolute Gasteiger partial charge is 0.0604 e. The molecule has 0 amide bonds. The number of aliphatic hydroxyl groups is 1. The number of benzene rings is 2. The van der Waals surface area contributed by atoms with Crippen molar-refractivity contribution in [1.82, 2.24) is 0 Å². The van der Waals surface area contributed by atoms with E-state index in [-0.39, 0.29) is 12.1 Å². The Labute approximate surface area is 118 Å². The lowest BCUT2D eigenvalue weighted by atomic mass is 9.99. The number of halogens is 1. The molecule has 0 unspecified atom stereocenters. The number of rotatable bonds is 1. The molecule has 0 saturated carbocycles. The van der Waals surface area contributed by atoms with Crippen LogP contribution >= 0.6 is 11.6 Å². The minimum atomic E-state index is -0.350. The summed E-state index contributed by atoms with van der Waals surface area (Å²) in [5, 5.41) is 14.4. The maximum absolute atomic E-state index is 10.2. The summed E-state index contributed by atoms with van der Waals surface area (Å²) >= 11 is 6.26. The molecule has 2 aromatic carbocycles. The zero-order valence-electron chi connectivity index (χ0n) is 10.5. The number of nitrogens with one attached hydrogen (secondary N) is 1. The molecule has 2 atom stereocenters. The van der Waals surface area contributed by atoms with Crippen molar-refractivity contribution >= 4 is 17.3 Å². The van der Waals surface area contributed by atoms with Gasteiger partial charge in [0, 0.05) is 17.1 Å². The summed E-state index contributed by atoms with van der Waals surface area (Å²) < 4.78 is 0. The first-order chi connectivity index (χ1) is 9.24. The lowest BCUT2D eigenvalue weighted by Gasteiger charge is -2.20. The van der Waals surface area contributed by atoms with E-state index in [1.165, 1.54) is 0 Å². The van der Waals surface area contributed by atoms with Gasteiger partial charge in [0.05, 0.1) is 12.1 Å². The topological polar surface area (TPSA) is 32.3 Å². The average molecular weight is 274 g/mol. The second-order valence-corrected chi connectivity index (χ2v) is 5.38. The van der Waals surface area contributed by atoms with E-state index in [9.17, 15) is 5.11 Å². The highest BCUT2D eigenvalue weighted by Crippen LogP contribution is 2.34. The molecule has 2 aromatic rings. The van der Waals surface area contributed by atoms with Crippen LogP contribution in [0.1, 0.15) is 23.6 Å².